The first-order valence-electron chi connectivity index (χ1n) is 9.64. The Kier molecular flexibility index (Phi) is 6.12. The molecule has 1 heterocycles. The third-order valence-electron chi connectivity index (χ3n) is 4.56. The smallest absolute Gasteiger partial charge is 0.274 e. The number of nitrogens with one attached hydrogen (secondary N) is 2. The number of aryl methyl sites for hydroxylation is 1. The molecule has 3 rings (SSSR count). The lowest BCUT2D eigenvalue weighted by Crippen LogP contribution is -2.16. The molecule has 0 aliphatic rings. The molecular weight excluding hydrogens is 362 g/mol. The second-order valence-corrected chi connectivity index (χ2v) is 7.48. The Bertz CT molecular complexity index is 996. The van der Waals surface area contributed by atoms with Crippen LogP contribution in [0.2, 0.25) is 0 Å². The summed E-state index contributed by atoms with van der Waals surface area (Å²) in [6.45, 7) is 6.12. The summed E-state index contributed by atoms with van der Waals surface area (Å²) in [7, 11) is 3.95. The molecule has 0 unspecified atom stereocenters. The second-order valence-electron chi connectivity index (χ2n) is 7.48. The van der Waals surface area contributed by atoms with Crippen molar-refractivity contribution in [1.82, 2.24) is 9.97 Å². The van der Waals surface area contributed by atoms with Crippen molar-refractivity contribution in [2.24, 2.45) is 0 Å². The van der Waals surface area contributed by atoms with Crippen molar-refractivity contribution in [3.05, 3.63) is 71.5 Å². The highest BCUT2D eigenvalue weighted by atomic mass is 16.1. The summed E-state index contributed by atoms with van der Waals surface area (Å²) in [5.41, 5.74) is 4.94. The Morgan fingerprint density at radius 3 is 2.34 bits per heavy atom. The van der Waals surface area contributed by atoms with Crippen LogP contribution in [0.5, 0.6) is 0 Å². The number of anilines is 4. The highest BCUT2D eigenvalue weighted by Gasteiger charge is 2.13. The van der Waals surface area contributed by atoms with Crippen molar-refractivity contribution in [2.45, 2.75) is 26.7 Å². The van der Waals surface area contributed by atoms with Gasteiger partial charge in [0.05, 0.1) is 0 Å². The maximum atomic E-state index is 12.7. The summed E-state index contributed by atoms with van der Waals surface area (Å²) >= 11 is 0. The molecule has 0 fully saturated rings. The Labute approximate surface area is 172 Å². The Morgan fingerprint density at radius 1 is 1.00 bits per heavy atom. The number of aromatic nitrogens is 2. The van der Waals surface area contributed by atoms with Gasteiger partial charge in [-0.15, -0.1) is 0 Å². The van der Waals surface area contributed by atoms with E-state index in [0.717, 1.165) is 22.8 Å². The Balaban J connectivity index is 1.81. The van der Waals surface area contributed by atoms with Crippen molar-refractivity contribution >= 4 is 28.9 Å². The predicted molar refractivity (Wildman–Crippen MR) is 119 cm³/mol. The van der Waals surface area contributed by atoms with E-state index in [1.807, 2.05) is 68.4 Å². The Morgan fingerprint density at radius 2 is 1.69 bits per heavy atom. The maximum Gasteiger partial charge on any atom is 0.274 e. The molecule has 3 aromatic rings. The van der Waals surface area contributed by atoms with Crippen molar-refractivity contribution in [3.8, 4) is 0 Å². The molecule has 150 valence electrons. The van der Waals surface area contributed by atoms with Gasteiger partial charge in [0.25, 0.3) is 5.91 Å². The molecule has 0 aliphatic heterocycles. The van der Waals surface area contributed by atoms with Gasteiger partial charge in [-0.05, 0) is 54.8 Å². The van der Waals surface area contributed by atoms with Gasteiger partial charge in [-0.2, -0.15) is 0 Å². The molecule has 0 spiro atoms. The summed E-state index contributed by atoms with van der Waals surface area (Å²) in [6, 6.07) is 17.4. The molecular formula is C23H27N5O. The van der Waals surface area contributed by atoms with E-state index in [9.17, 15) is 4.79 Å². The molecule has 0 saturated heterocycles. The van der Waals surface area contributed by atoms with Crippen LogP contribution in [0.1, 0.15) is 41.5 Å². The van der Waals surface area contributed by atoms with Crippen molar-refractivity contribution < 1.29 is 4.79 Å². The second kappa shape index (κ2) is 8.73. The number of para-hydroxylation sites is 1. The molecule has 2 aromatic carbocycles. The fourth-order valence-electron chi connectivity index (χ4n) is 3.01. The quantitative estimate of drug-likeness (QED) is 0.623. The fourth-order valence-corrected chi connectivity index (χ4v) is 3.01. The van der Waals surface area contributed by atoms with Crippen LogP contribution in [0.3, 0.4) is 0 Å². The van der Waals surface area contributed by atoms with E-state index in [2.05, 4.69) is 40.5 Å². The number of nitrogens with zero attached hydrogens (tertiary/aromatic N) is 3. The SMILES string of the molecule is Cc1cc(C(=O)Nc2ccc(N(C)C)cc2)nc(Nc2ccccc2C(C)C)n1. The van der Waals surface area contributed by atoms with E-state index < -0.39 is 0 Å². The van der Waals surface area contributed by atoms with Gasteiger partial charge in [-0.3, -0.25) is 4.79 Å². The largest absolute Gasteiger partial charge is 0.378 e. The molecule has 0 saturated carbocycles. The summed E-state index contributed by atoms with van der Waals surface area (Å²) in [5, 5.41) is 6.16. The lowest BCUT2D eigenvalue weighted by molar-refractivity contribution is 0.102. The lowest BCUT2D eigenvalue weighted by Gasteiger charge is -2.15. The van der Waals surface area contributed by atoms with Gasteiger partial charge in [0.2, 0.25) is 5.95 Å². The molecule has 6 heteroatoms. The molecule has 0 atom stereocenters. The van der Waals surface area contributed by atoms with Gasteiger partial charge in [0.15, 0.2) is 0 Å². The average molecular weight is 390 g/mol. The van der Waals surface area contributed by atoms with E-state index >= 15 is 0 Å². The van der Waals surface area contributed by atoms with E-state index in [1.165, 1.54) is 5.56 Å². The number of benzene rings is 2. The zero-order valence-corrected chi connectivity index (χ0v) is 17.5. The first kappa shape index (κ1) is 20.3. The van der Waals surface area contributed by atoms with Gasteiger partial charge in [0, 0.05) is 36.9 Å². The van der Waals surface area contributed by atoms with Crippen LogP contribution in [-0.2, 0) is 0 Å². The molecule has 0 radical (unpaired) electrons. The highest BCUT2D eigenvalue weighted by Crippen LogP contribution is 2.26. The number of hydrogen-bond donors (Lipinski definition) is 2. The third kappa shape index (κ3) is 5.10. The molecule has 2 N–H and O–H groups in total. The molecule has 0 bridgehead atoms. The fraction of sp³-hybridized carbons (Fsp3) is 0.261. The third-order valence-corrected chi connectivity index (χ3v) is 4.56. The van der Waals surface area contributed by atoms with Gasteiger partial charge in [0.1, 0.15) is 5.69 Å². The van der Waals surface area contributed by atoms with Crippen LogP contribution in [0, 0.1) is 6.92 Å². The minimum absolute atomic E-state index is 0.270. The average Bonchev–Trinajstić information content (AvgIpc) is 2.68. The summed E-state index contributed by atoms with van der Waals surface area (Å²) in [5.74, 6) is 0.496. The van der Waals surface area contributed by atoms with E-state index in [1.54, 1.807) is 6.07 Å². The maximum absolute atomic E-state index is 12.7. The van der Waals surface area contributed by atoms with E-state index in [0.29, 0.717) is 17.6 Å². The van der Waals surface area contributed by atoms with Crippen LogP contribution in [-0.4, -0.2) is 30.0 Å². The normalized spacial score (nSPS) is 10.7. The van der Waals surface area contributed by atoms with Crippen molar-refractivity contribution in [2.75, 3.05) is 29.6 Å². The topological polar surface area (TPSA) is 70.2 Å². The predicted octanol–water partition coefficient (Wildman–Crippen LogP) is 4.97. The minimum Gasteiger partial charge on any atom is -0.378 e. The zero-order chi connectivity index (χ0) is 21.0. The van der Waals surface area contributed by atoms with Crippen molar-refractivity contribution in [3.63, 3.8) is 0 Å². The highest BCUT2D eigenvalue weighted by molar-refractivity contribution is 6.03. The van der Waals surface area contributed by atoms with Gasteiger partial charge >= 0.3 is 0 Å². The molecule has 1 amide bonds. The van der Waals surface area contributed by atoms with E-state index in [4.69, 9.17) is 0 Å². The van der Waals surface area contributed by atoms with Crippen molar-refractivity contribution in [1.29, 1.82) is 0 Å². The zero-order valence-electron chi connectivity index (χ0n) is 17.5. The molecule has 6 nitrogen and oxygen atoms in total. The first-order valence-corrected chi connectivity index (χ1v) is 9.64. The van der Waals surface area contributed by atoms with E-state index in [-0.39, 0.29) is 5.91 Å². The van der Waals surface area contributed by atoms with Crippen LogP contribution in [0.15, 0.2) is 54.6 Å². The molecule has 29 heavy (non-hydrogen) atoms. The first-order chi connectivity index (χ1) is 13.8. The van der Waals surface area contributed by atoms with Crippen LogP contribution < -0.4 is 15.5 Å². The number of rotatable bonds is 6. The summed E-state index contributed by atoms with van der Waals surface area (Å²) < 4.78 is 0. The van der Waals surface area contributed by atoms with Crippen LogP contribution in [0.25, 0.3) is 0 Å². The van der Waals surface area contributed by atoms with Gasteiger partial charge < -0.3 is 15.5 Å². The standard InChI is InChI=1S/C23H27N5O/c1-15(2)19-8-6-7-9-20(19)26-23-24-16(3)14-21(27-23)22(29)25-17-10-12-18(13-11-17)28(4)5/h6-15H,1-5H3,(H,25,29)(H,24,26,27). The molecule has 0 aliphatic carbocycles. The minimum atomic E-state index is -0.270. The van der Waals surface area contributed by atoms with Crippen LogP contribution in [0.4, 0.5) is 23.0 Å². The van der Waals surface area contributed by atoms with Gasteiger partial charge in [-0.1, -0.05) is 32.0 Å². The number of carbonyl (C=O) groups is 1. The lowest BCUT2D eigenvalue weighted by atomic mass is 10.0. The number of hydrogen-bond acceptors (Lipinski definition) is 5. The van der Waals surface area contributed by atoms with Gasteiger partial charge in [-0.25, -0.2) is 9.97 Å². The number of carbonyl (C=O) groups excluding carboxylic acids is 1. The number of amides is 1. The van der Waals surface area contributed by atoms with Crippen LogP contribution >= 0.6 is 0 Å². The Hall–Kier alpha value is -3.41. The summed E-state index contributed by atoms with van der Waals surface area (Å²) in [6.07, 6.45) is 0. The monoisotopic (exact) mass is 389 g/mol. The summed E-state index contributed by atoms with van der Waals surface area (Å²) in [4.78, 5) is 23.6. The molecule has 1 aromatic heterocycles.